The van der Waals surface area contributed by atoms with Gasteiger partial charge in [-0.2, -0.15) is 0 Å². The number of halogens is 1. The molecule has 2 heterocycles. The summed E-state index contributed by atoms with van der Waals surface area (Å²) in [5, 5.41) is 4.51. The molecule has 25 heavy (non-hydrogen) atoms. The van der Waals surface area contributed by atoms with Gasteiger partial charge in [-0.05, 0) is 36.4 Å². The first kappa shape index (κ1) is 17.6. The molecule has 1 amide bonds. The van der Waals surface area contributed by atoms with Gasteiger partial charge in [0, 0.05) is 18.7 Å². The summed E-state index contributed by atoms with van der Waals surface area (Å²) in [6, 6.07) is 8.69. The van der Waals surface area contributed by atoms with Crippen LogP contribution >= 0.6 is 11.3 Å². The van der Waals surface area contributed by atoms with E-state index in [1.165, 1.54) is 35.6 Å². The molecule has 1 aromatic heterocycles. The number of carbonyl (C=O) groups excluding carboxylic acids is 2. The highest BCUT2D eigenvalue weighted by atomic mass is 32.1. The molecule has 7 heteroatoms. The number of nitrogens with one attached hydrogen (secondary N) is 1. The van der Waals surface area contributed by atoms with E-state index in [2.05, 4.69) is 5.32 Å². The molecule has 132 valence electrons. The third kappa shape index (κ3) is 4.64. The van der Waals surface area contributed by atoms with Crippen molar-refractivity contribution in [3.8, 4) is 0 Å². The van der Waals surface area contributed by atoms with Crippen LogP contribution in [0.5, 0.6) is 0 Å². The van der Waals surface area contributed by atoms with Crippen molar-refractivity contribution in [1.82, 2.24) is 5.32 Å². The standard InChI is InChI=1S/C18H18FNO4S/c19-13-7-5-12(6-8-13)16(24-18(22)15-4-2-10-25-15)17(21)20-11-14-3-1-9-23-14/h2,4-8,10,14,16H,1,3,9,11H2,(H,20,21)/t14-,16+/m1/s1. The Morgan fingerprint density at radius 2 is 2.12 bits per heavy atom. The number of hydrogen-bond acceptors (Lipinski definition) is 5. The minimum Gasteiger partial charge on any atom is -0.443 e. The van der Waals surface area contributed by atoms with Crippen molar-refractivity contribution < 1.29 is 23.5 Å². The van der Waals surface area contributed by atoms with E-state index in [1.807, 2.05) is 0 Å². The smallest absolute Gasteiger partial charge is 0.349 e. The van der Waals surface area contributed by atoms with E-state index in [-0.39, 0.29) is 6.10 Å². The van der Waals surface area contributed by atoms with Crippen LogP contribution in [-0.4, -0.2) is 31.1 Å². The third-order valence-electron chi connectivity index (χ3n) is 3.89. The first-order chi connectivity index (χ1) is 12.1. The van der Waals surface area contributed by atoms with E-state index in [1.54, 1.807) is 17.5 Å². The molecule has 1 aromatic carbocycles. The minimum absolute atomic E-state index is 0.0224. The number of ether oxygens (including phenoxy) is 2. The Bertz CT molecular complexity index is 711. The number of thiophene rings is 1. The molecule has 0 aliphatic carbocycles. The summed E-state index contributed by atoms with van der Waals surface area (Å²) in [6.07, 6.45) is 0.689. The molecule has 2 aromatic rings. The van der Waals surface area contributed by atoms with E-state index < -0.39 is 23.8 Å². The van der Waals surface area contributed by atoms with Gasteiger partial charge in [-0.1, -0.05) is 18.2 Å². The maximum atomic E-state index is 13.2. The number of hydrogen-bond donors (Lipinski definition) is 1. The van der Waals surface area contributed by atoms with Gasteiger partial charge >= 0.3 is 5.97 Å². The van der Waals surface area contributed by atoms with Gasteiger partial charge < -0.3 is 14.8 Å². The Labute approximate surface area is 148 Å². The molecule has 2 atom stereocenters. The van der Waals surface area contributed by atoms with Gasteiger partial charge in [-0.25, -0.2) is 9.18 Å². The van der Waals surface area contributed by atoms with Gasteiger partial charge in [-0.3, -0.25) is 4.79 Å². The van der Waals surface area contributed by atoms with E-state index in [4.69, 9.17) is 9.47 Å². The lowest BCUT2D eigenvalue weighted by Gasteiger charge is -2.19. The quantitative estimate of drug-likeness (QED) is 0.801. The second-order valence-corrected chi connectivity index (χ2v) is 6.64. The van der Waals surface area contributed by atoms with Crippen molar-refractivity contribution in [3.63, 3.8) is 0 Å². The highest BCUT2D eigenvalue weighted by Gasteiger charge is 2.27. The number of carbonyl (C=O) groups is 2. The fourth-order valence-corrected chi connectivity index (χ4v) is 3.19. The summed E-state index contributed by atoms with van der Waals surface area (Å²) in [6.45, 7) is 1.04. The van der Waals surface area contributed by atoms with E-state index >= 15 is 0 Å². The predicted octanol–water partition coefficient (Wildman–Crippen LogP) is 3.08. The van der Waals surface area contributed by atoms with Crippen molar-refractivity contribution in [2.24, 2.45) is 0 Å². The largest absolute Gasteiger partial charge is 0.443 e. The van der Waals surface area contributed by atoms with Crippen LogP contribution in [0, 0.1) is 5.82 Å². The maximum Gasteiger partial charge on any atom is 0.349 e. The average molecular weight is 363 g/mol. The molecular weight excluding hydrogens is 345 g/mol. The zero-order valence-electron chi connectivity index (χ0n) is 13.4. The Kier molecular flexibility index (Phi) is 5.78. The first-order valence-corrected chi connectivity index (χ1v) is 8.91. The molecule has 1 saturated heterocycles. The molecular formula is C18H18FNO4S. The van der Waals surface area contributed by atoms with Gasteiger partial charge in [0.25, 0.3) is 5.91 Å². The summed E-state index contributed by atoms with van der Waals surface area (Å²) in [7, 11) is 0. The van der Waals surface area contributed by atoms with Crippen molar-refractivity contribution in [2.45, 2.75) is 25.0 Å². The van der Waals surface area contributed by atoms with Crippen LogP contribution in [0.15, 0.2) is 41.8 Å². The number of esters is 1. The topological polar surface area (TPSA) is 64.6 Å². The van der Waals surface area contributed by atoms with E-state index in [9.17, 15) is 14.0 Å². The van der Waals surface area contributed by atoms with Gasteiger partial charge in [0.15, 0.2) is 0 Å². The first-order valence-electron chi connectivity index (χ1n) is 8.03. The molecule has 0 saturated carbocycles. The molecule has 0 bridgehead atoms. The molecule has 0 unspecified atom stereocenters. The van der Waals surface area contributed by atoms with Crippen molar-refractivity contribution in [1.29, 1.82) is 0 Å². The Balaban J connectivity index is 1.72. The fourth-order valence-electron chi connectivity index (χ4n) is 2.58. The SMILES string of the molecule is O=C(O[C@H](C(=O)NC[C@H]1CCCO1)c1ccc(F)cc1)c1cccs1. The van der Waals surface area contributed by atoms with Crippen molar-refractivity contribution in [3.05, 3.63) is 58.0 Å². The van der Waals surface area contributed by atoms with Crippen LogP contribution < -0.4 is 5.32 Å². The monoisotopic (exact) mass is 363 g/mol. The minimum atomic E-state index is -1.14. The molecule has 1 aliphatic heterocycles. The van der Waals surface area contributed by atoms with E-state index in [0.717, 1.165) is 12.8 Å². The van der Waals surface area contributed by atoms with Crippen molar-refractivity contribution >= 4 is 23.2 Å². The second-order valence-electron chi connectivity index (χ2n) is 5.69. The number of rotatable bonds is 6. The average Bonchev–Trinajstić information content (AvgIpc) is 3.31. The molecule has 1 fully saturated rings. The molecule has 5 nitrogen and oxygen atoms in total. The summed E-state index contributed by atoms with van der Waals surface area (Å²) in [5.41, 5.74) is 0.413. The second kappa shape index (κ2) is 8.22. The van der Waals surface area contributed by atoms with Gasteiger partial charge in [-0.15, -0.1) is 11.3 Å². The molecule has 1 aliphatic rings. The normalized spacial score (nSPS) is 17.9. The molecule has 1 N–H and O–H groups in total. The number of benzene rings is 1. The summed E-state index contributed by atoms with van der Waals surface area (Å²) in [5.74, 6) is -1.46. The van der Waals surface area contributed by atoms with Crippen LogP contribution in [0.3, 0.4) is 0 Å². The zero-order chi connectivity index (χ0) is 17.6. The van der Waals surface area contributed by atoms with Crippen LogP contribution in [0.4, 0.5) is 4.39 Å². The van der Waals surface area contributed by atoms with Crippen molar-refractivity contribution in [2.75, 3.05) is 13.2 Å². The lowest BCUT2D eigenvalue weighted by Crippen LogP contribution is -2.36. The maximum absolute atomic E-state index is 13.2. The summed E-state index contributed by atoms with van der Waals surface area (Å²) < 4.78 is 24.0. The van der Waals surface area contributed by atoms with Gasteiger partial charge in [0.2, 0.25) is 6.10 Å². The lowest BCUT2D eigenvalue weighted by molar-refractivity contribution is -0.130. The fraction of sp³-hybridized carbons (Fsp3) is 0.333. The molecule has 0 radical (unpaired) electrons. The third-order valence-corrected chi connectivity index (χ3v) is 4.74. The van der Waals surface area contributed by atoms with E-state index in [0.29, 0.717) is 23.6 Å². The van der Waals surface area contributed by atoms with Crippen LogP contribution in [0.2, 0.25) is 0 Å². The Morgan fingerprint density at radius 3 is 2.76 bits per heavy atom. The molecule has 3 rings (SSSR count). The highest BCUT2D eigenvalue weighted by Crippen LogP contribution is 2.22. The summed E-state index contributed by atoms with van der Waals surface area (Å²) in [4.78, 5) is 25.2. The van der Waals surface area contributed by atoms with Gasteiger partial charge in [0.1, 0.15) is 10.7 Å². The lowest BCUT2D eigenvalue weighted by atomic mass is 10.1. The Hall–Kier alpha value is -2.25. The number of amides is 1. The predicted molar refractivity (Wildman–Crippen MR) is 90.9 cm³/mol. The van der Waals surface area contributed by atoms with Crippen LogP contribution in [0.1, 0.15) is 34.2 Å². The highest BCUT2D eigenvalue weighted by molar-refractivity contribution is 7.11. The molecule has 0 spiro atoms. The zero-order valence-corrected chi connectivity index (χ0v) is 14.3. The Morgan fingerprint density at radius 1 is 1.32 bits per heavy atom. The van der Waals surface area contributed by atoms with Crippen LogP contribution in [0.25, 0.3) is 0 Å². The summed E-state index contributed by atoms with van der Waals surface area (Å²) >= 11 is 1.23. The van der Waals surface area contributed by atoms with Crippen LogP contribution in [-0.2, 0) is 14.3 Å². The van der Waals surface area contributed by atoms with Gasteiger partial charge in [0.05, 0.1) is 6.10 Å².